The number of halogens is 2. The first-order valence-electron chi connectivity index (χ1n) is 4.55. The maximum atomic E-state index is 11.7. The molecule has 1 aromatic carbocycles. The molecule has 0 radical (unpaired) electrons. The van der Waals surface area contributed by atoms with Crippen LogP contribution in [0.25, 0.3) is 0 Å². The number of anilines is 1. The van der Waals surface area contributed by atoms with Crippen LogP contribution in [0.1, 0.15) is 0 Å². The average molecular weight is 245 g/mol. The number of benzene rings is 1. The summed E-state index contributed by atoms with van der Waals surface area (Å²) >= 11 is 11.7. The van der Waals surface area contributed by atoms with Crippen molar-refractivity contribution in [2.75, 3.05) is 24.1 Å². The lowest BCUT2D eigenvalue weighted by molar-refractivity contribution is -0.116. The molecule has 0 bridgehead atoms. The summed E-state index contributed by atoms with van der Waals surface area (Å²) in [5.74, 6) is 0.0313. The van der Waals surface area contributed by atoms with Gasteiger partial charge < -0.3 is 0 Å². The van der Waals surface area contributed by atoms with Gasteiger partial charge in [-0.1, -0.05) is 23.7 Å². The van der Waals surface area contributed by atoms with Gasteiger partial charge in [-0.2, -0.15) is 0 Å². The van der Waals surface area contributed by atoms with Gasteiger partial charge in [-0.15, -0.1) is 11.6 Å². The van der Waals surface area contributed by atoms with Gasteiger partial charge in [-0.3, -0.25) is 14.6 Å². The minimum absolute atomic E-state index is 0.0313. The number of amides is 1. The van der Waals surface area contributed by atoms with E-state index in [1.165, 1.54) is 0 Å². The van der Waals surface area contributed by atoms with Crippen molar-refractivity contribution in [3.8, 4) is 0 Å². The van der Waals surface area contributed by atoms with Crippen molar-refractivity contribution in [3.63, 3.8) is 0 Å². The second-order valence-corrected chi connectivity index (χ2v) is 4.01. The van der Waals surface area contributed by atoms with Crippen LogP contribution in [0, 0.1) is 0 Å². The first-order chi connectivity index (χ1) is 7.22. The summed E-state index contributed by atoms with van der Waals surface area (Å²) in [7, 11) is 0. The lowest BCUT2D eigenvalue weighted by Crippen LogP contribution is -2.26. The van der Waals surface area contributed by atoms with Crippen LogP contribution in [0.4, 0.5) is 5.69 Å². The van der Waals surface area contributed by atoms with Crippen LogP contribution in [0.5, 0.6) is 0 Å². The van der Waals surface area contributed by atoms with Crippen LogP contribution in [-0.4, -0.2) is 30.0 Å². The highest BCUT2D eigenvalue weighted by Crippen LogP contribution is 2.27. The van der Waals surface area contributed by atoms with E-state index in [2.05, 4.69) is 0 Å². The first-order valence-corrected chi connectivity index (χ1v) is 5.47. The molecule has 1 amide bonds. The molecule has 1 heterocycles. The zero-order chi connectivity index (χ0) is 10.8. The predicted molar refractivity (Wildman–Crippen MR) is 61.2 cm³/mol. The molecule has 0 saturated carbocycles. The summed E-state index contributed by atoms with van der Waals surface area (Å²) in [4.78, 5) is 15.1. The maximum absolute atomic E-state index is 11.7. The van der Waals surface area contributed by atoms with Gasteiger partial charge in [0.2, 0.25) is 5.91 Å². The lowest BCUT2D eigenvalue weighted by Gasteiger charge is -2.17. The Kier molecular flexibility index (Phi) is 3.14. The number of carbonyl (C=O) groups is 1. The molecule has 5 heteroatoms. The molecule has 2 rings (SSSR count). The normalized spacial score (nSPS) is 17.5. The molecular weight excluding hydrogens is 235 g/mol. The van der Waals surface area contributed by atoms with Crippen LogP contribution in [0.3, 0.4) is 0 Å². The Bertz CT molecular complexity index is 383. The van der Waals surface area contributed by atoms with Crippen LogP contribution < -0.4 is 4.90 Å². The number of carbonyl (C=O) groups excluding carboxylic acids is 1. The highest BCUT2D eigenvalue weighted by atomic mass is 35.5. The molecule has 0 unspecified atom stereocenters. The van der Waals surface area contributed by atoms with Crippen molar-refractivity contribution in [1.82, 2.24) is 4.90 Å². The monoisotopic (exact) mass is 244 g/mol. The molecule has 0 aliphatic carbocycles. The zero-order valence-corrected chi connectivity index (χ0v) is 9.50. The number of alkyl halides is 1. The second kappa shape index (κ2) is 4.39. The molecule has 3 nitrogen and oxygen atoms in total. The quantitative estimate of drug-likeness (QED) is 0.588. The molecular formula is C10H10Cl2N2O. The molecule has 80 valence electrons. The van der Waals surface area contributed by atoms with Crippen LogP contribution in [0.15, 0.2) is 24.3 Å². The summed E-state index contributed by atoms with van der Waals surface area (Å²) in [6.07, 6.45) is 0. The topological polar surface area (TPSA) is 23.6 Å². The van der Waals surface area contributed by atoms with Gasteiger partial charge in [0.05, 0.1) is 29.9 Å². The first kappa shape index (κ1) is 10.7. The second-order valence-electron chi connectivity index (χ2n) is 3.36. The average Bonchev–Trinajstić information content (AvgIpc) is 2.60. The maximum Gasteiger partial charge on any atom is 0.242 e. The number of rotatable bonds is 2. The highest BCUT2D eigenvalue weighted by molar-refractivity contribution is 6.33. The fraction of sp³-hybridized carbons (Fsp3) is 0.300. The highest BCUT2D eigenvalue weighted by Gasteiger charge is 2.28. The standard InChI is InChI=1S/C10H10Cl2N2O/c11-6-13-5-10(15)14(7-13)9-4-2-1-3-8(9)12/h1-4H,5-7H2. The van der Waals surface area contributed by atoms with E-state index in [1.54, 1.807) is 11.0 Å². The van der Waals surface area contributed by atoms with E-state index in [0.29, 0.717) is 24.2 Å². The molecule has 15 heavy (non-hydrogen) atoms. The Hall–Kier alpha value is -0.770. The van der Waals surface area contributed by atoms with Crippen molar-refractivity contribution in [2.24, 2.45) is 0 Å². The van der Waals surface area contributed by atoms with E-state index < -0.39 is 0 Å². The van der Waals surface area contributed by atoms with Crippen molar-refractivity contribution in [3.05, 3.63) is 29.3 Å². The molecule has 1 aliphatic heterocycles. The molecule has 0 aromatic heterocycles. The fourth-order valence-electron chi connectivity index (χ4n) is 1.57. The molecule has 1 aromatic rings. The van der Waals surface area contributed by atoms with E-state index in [4.69, 9.17) is 23.2 Å². The smallest absolute Gasteiger partial charge is 0.242 e. The Morgan fingerprint density at radius 1 is 1.33 bits per heavy atom. The van der Waals surface area contributed by atoms with E-state index in [-0.39, 0.29) is 5.91 Å². The third-order valence-corrected chi connectivity index (χ3v) is 2.97. The van der Waals surface area contributed by atoms with Crippen molar-refractivity contribution in [1.29, 1.82) is 0 Å². The summed E-state index contributed by atoms with van der Waals surface area (Å²) < 4.78 is 0. The Morgan fingerprint density at radius 3 is 2.67 bits per heavy atom. The molecule has 1 fully saturated rings. The summed E-state index contributed by atoms with van der Waals surface area (Å²) in [6.45, 7) is 0.862. The van der Waals surface area contributed by atoms with Gasteiger partial charge in [-0.05, 0) is 12.1 Å². The van der Waals surface area contributed by atoms with Gasteiger partial charge >= 0.3 is 0 Å². The van der Waals surface area contributed by atoms with Crippen molar-refractivity contribution < 1.29 is 4.79 Å². The number of hydrogen-bond donors (Lipinski definition) is 0. The Balaban J connectivity index is 2.25. The zero-order valence-electron chi connectivity index (χ0n) is 7.99. The van der Waals surface area contributed by atoms with Gasteiger partial charge in [-0.25, -0.2) is 0 Å². The minimum atomic E-state index is 0.0313. The molecule has 0 atom stereocenters. The van der Waals surface area contributed by atoms with Crippen molar-refractivity contribution >= 4 is 34.8 Å². The minimum Gasteiger partial charge on any atom is -0.296 e. The third kappa shape index (κ3) is 2.09. The van der Waals surface area contributed by atoms with E-state index in [1.807, 2.05) is 23.1 Å². The van der Waals surface area contributed by atoms with Crippen molar-refractivity contribution in [2.45, 2.75) is 0 Å². The van der Waals surface area contributed by atoms with Gasteiger partial charge in [0, 0.05) is 0 Å². The Labute approximate surface area is 98.2 Å². The van der Waals surface area contributed by atoms with E-state index in [9.17, 15) is 4.79 Å². The SMILES string of the molecule is O=C1CN(CCl)CN1c1ccccc1Cl. The molecule has 1 saturated heterocycles. The number of hydrogen-bond acceptors (Lipinski definition) is 2. The Morgan fingerprint density at radius 2 is 2.07 bits per heavy atom. The molecule has 0 N–H and O–H groups in total. The molecule has 0 spiro atoms. The predicted octanol–water partition coefficient (Wildman–Crippen LogP) is 2.14. The van der Waals surface area contributed by atoms with Gasteiger partial charge in [0.15, 0.2) is 0 Å². The number of nitrogens with zero attached hydrogens (tertiary/aromatic N) is 2. The lowest BCUT2D eigenvalue weighted by atomic mass is 10.3. The van der Waals surface area contributed by atoms with E-state index >= 15 is 0 Å². The summed E-state index contributed by atoms with van der Waals surface area (Å²) in [5, 5.41) is 0.585. The molecule has 1 aliphatic rings. The van der Waals surface area contributed by atoms with Crippen LogP contribution >= 0.6 is 23.2 Å². The summed E-state index contributed by atoms with van der Waals surface area (Å²) in [6, 6.07) is 7.65. The van der Waals surface area contributed by atoms with Crippen LogP contribution in [-0.2, 0) is 4.79 Å². The third-order valence-electron chi connectivity index (χ3n) is 2.31. The van der Waals surface area contributed by atoms with Gasteiger partial charge in [0.1, 0.15) is 0 Å². The summed E-state index contributed by atoms with van der Waals surface area (Å²) in [5.41, 5.74) is 0.747. The fourth-order valence-corrected chi connectivity index (χ4v) is 1.96. The largest absolute Gasteiger partial charge is 0.296 e. The van der Waals surface area contributed by atoms with Crippen LogP contribution in [0.2, 0.25) is 5.02 Å². The van der Waals surface area contributed by atoms with Gasteiger partial charge in [0.25, 0.3) is 0 Å². The number of para-hydroxylation sites is 1. The van der Waals surface area contributed by atoms with E-state index in [0.717, 1.165) is 5.69 Å².